The Balaban J connectivity index is 2.04. The van der Waals surface area contributed by atoms with Crippen LogP contribution in [-0.4, -0.2) is 23.9 Å². The number of carbonyl (C=O) groups is 1. The van der Waals surface area contributed by atoms with Crippen LogP contribution in [0.1, 0.15) is 29.5 Å². The molecule has 0 saturated carbocycles. The first-order chi connectivity index (χ1) is 11.0. The highest BCUT2D eigenvalue weighted by atomic mass is 16.6. The van der Waals surface area contributed by atoms with Crippen molar-refractivity contribution >= 4 is 17.3 Å². The first-order valence-corrected chi connectivity index (χ1v) is 7.30. The summed E-state index contributed by atoms with van der Waals surface area (Å²) < 4.78 is 5.25. The zero-order valence-corrected chi connectivity index (χ0v) is 13.0. The molecule has 0 radical (unpaired) electrons. The Morgan fingerprint density at radius 2 is 2.17 bits per heavy atom. The quantitative estimate of drug-likeness (QED) is 0.604. The van der Waals surface area contributed by atoms with Gasteiger partial charge in [-0.05, 0) is 31.5 Å². The largest absolute Gasteiger partial charge is 0.469 e. The molecule has 23 heavy (non-hydrogen) atoms. The Morgan fingerprint density at radius 1 is 1.39 bits per heavy atom. The maximum absolute atomic E-state index is 12.4. The molecule has 1 unspecified atom stereocenters. The summed E-state index contributed by atoms with van der Waals surface area (Å²) in [6, 6.07) is 7.79. The number of nitrogens with zero attached hydrogens (tertiary/aromatic N) is 1. The molecule has 1 aromatic carbocycles. The van der Waals surface area contributed by atoms with Crippen LogP contribution >= 0.6 is 0 Å². The molecule has 2 N–H and O–H groups in total. The molecule has 0 bridgehead atoms. The minimum Gasteiger partial charge on any atom is -0.469 e. The van der Waals surface area contributed by atoms with Gasteiger partial charge < -0.3 is 15.1 Å². The maximum atomic E-state index is 12.4. The van der Waals surface area contributed by atoms with Gasteiger partial charge in [-0.25, -0.2) is 0 Å². The smallest absolute Gasteiger partial charge is 0.270 e. The van der Waals surface area contributed by atoms with E-state index in [0.717, 1.165) is 5.76 Å². The number of amides is 1. The molecule has 1 aromatic heterocycles. The Morgan fingerprint density at radius 3 is 2.78 bits per heavy atom. The average Bonchev–Trinajstić information content (AvgIpc) is 3.05. The number of nitro groups is 1. The second kappa shape index (κ2) is 7.44. The molecular formula is C16H19N3O4. The minimum atomic E-state index is -0.517. The third-order valence-corrected chi connectivity index (χ3v) is 3.51. The van der Waals surface area contributed by atoms with E-state index in [1.54, 1.807) is 13.3 Å². The van der Waals surface area contributed by atoms with Gasteiger partial charge in [-0.15, -0.1) is 0 Å². The van der Waals surface area contributed by atoms with Crippen molar-refractivity contribution in [2.75, 3.05) is 12.4 Å². The number of non-ortho nitro benzene ring substituents is 1. The van der Waals surface area contributed by atoms with Crippen molar-refractivity contribution in [3.05, 3.63) is 58.0 Å². The number of aryl methyl sites for hydroxylation is 1. The van der Waals surface area contributed by atoms with Gasteiger partial charge in [0, 0.05) is 37.3 Å². The monoisotopic (exact) mass is 317 g/mol. The Kier molecular flexibility index (Phi) is 5.35. The zero-order valence-electron chi connectivity index (χ0n) is 13.0. The van der Waals surface area contributed by atoms with Crippen molar-refractivity contribution in [2.45, 2.75) is 25.8 Å². The van der Waals surface area contributed by atoms with Gasteiger partial charge in [-0.3, -0.25) is 14.9 Å². The normalized spacial score (nSPS) is 11.7. The number of carbonyl (C=O) groups excluding carboxylic acids is 1. The molecule has 0 aliphatic heterocycles. The van der Waals surface area contributed by atoms with E-state index in [2.05, 4.69) is 10.6 Å². The van der Waals surface area contributed by atoms with Crippen LogP contribution < -0.4 is 10.6 Å². The molecule has 1 heterocycles. The van der Waals surface area contributed by atoms with Crippen LogP contribution in [0.3, 0.4) is 0 Å². The fourth-order valence-corrected chi connectivity index (χ4v) is 2.24. The Bertz CT molecular complexity index is 683. The second-order valence-corrected chi connectivity index (χ2v) is 5.23. The molecule has 2 rings (SSSR count). The number of nitro benzene ring substituents is 1. The molecule has 0 fully saturated rings. The van der Waals surface area contributed by atoms with Crippen molar-refractivity contribution < 1.29 is 14.1 Å². The number of furan rings is 1. The summed E-state index contributed by atoms with van der Waals surface area (Å²) >= 11 is 0. The SMILES string of the molecule is CNc1ccc([N+](=O)[O-])cc1C(=O)NC(C)CCc1ccco1. The first-order valence-electron chi connectivity index (χ1n) is 7.30. The lowest BCUT2D eigenvalue weighted by atomic mass is 10.1. The standard InChI is InChI=1S/C16H19N3O4/c1-11(5-7-13-4-3-9-23-13)18-16(20)14-10-12(19(21)22)6-8-15(14)17-2/h3-4,6,8-11,17H,5,7H2,1-2H3,(H,18,20). The van der Waals surface area contributed by atoms with Gasteiger partial charge in [0.2, 0.25) is 0 Å². The lowest BCUT2D eigenvalue weighted by molar-refractivity contribution is -0.384. The van der Waals surface area contributed by atoms with Crippen molar-refractivity contribution in [1.29, 1.82) is 0 Å². The lowest BCUT2D eigenvalue weighted by Crippen LogP contribution is -2.33. The number of hydrogen-bond acceptors (Lipinski definition) is 5. The van der Waals surface area contributed by atoms with E-state index in [1.807, 2.05) is 19.1 Å². The number of anilines is 1. The molecule has 0 aliphatic rings. The van der Waals surface area contributed by atoms with Gasteiger partial charge in [0.05, 0.1) is 16.7 Å². The first kappa shape index (κ1) is 16.5. The molecule has 2 aromatic rings. The van der Waals surface area contributed by atoms with Gasteiger partial charge in [0.1, 0.15) is 5.76 Å². The summed E-state index contributed by atoms with van der Waals surface area (Å²) in [5, 5.41) is 16.6. The van der Waals surface area contributed by atoms with E-state index < -0.39 is 4.92 Å². The highest BCUT2D eigenvalue weighted by Crippen LogP contribution is 2.22. The molecule has 7 nitrogen and oxygen atoms in total. The van der Waals surface area contributed by atoms with Crippen LogP contribution in [0.5, 0.6) is 0 Å². The highest BCUT2D eigenvalue weighted by Gasteiger charge is 2.17. The van der Waals surface area contributed by atoms with Crippen LogP contribution in [0.25, 0.3) is 0 Å². The van der Waals surface area contributed by atoms with Crippen molar-refractivity contribution in [3.8, 4) is 0 Å². The van der Waals surface area contributed by atoms with Crippen LogP contribution in [-0.2, 0) is 6.42 Å². The predicted molar refractivity (Wildman–Crippen MR) is 86.6 cm³/mol. The van der Waals surface area contributed by atoms with Crippen molar-refractivity contribution in [3.63, 3.8) is 0 Å². The Labute approximate surface area is 133 Å². The molecule has 7 heteroatoms. The van der Waals surface area contributed by atoms with Gasteiger partial charge >= 0.3 is 0 Å². The highest BCUT2D eigenvalue weighted by molar-refractivity contribution is 6.00. The van der Waals surface area contributed by atoms with Gasteiger partial charge in [-0.2, -0.15) is 0 Å². The minimum absolute atomic E-state index is 0.0865. The summed E-state index contributed by atoms with van der Waals surface area (Å²) in [7, 11) is 1.66. The molecule has 0 spiro atoms. The average molecular weight is 317 g/mol. The summed E-state index contributed by atoms with van der Waals surface area (Å²) in [5.74, 6) is 0.516. The topological polar surface area (TPSA) is 97.4 Å². The van der Waals surface area contributed by atoms with Crippen LogP contribution in [0, 0.1) is 10.1 Å². The summed E-state index contributed by atoms with van der Waals surface area (Å²) in [6.45, 7) is 1.89. The fourth-order valence-electron chi connectivity index (χ4n) is 2.24. The summed E-state index contributed by atoms with van der Waals surface area (Å²) in [6.07, 6.45) is 3.03. The molecule has 122 valence electrons. The Hall–Kier alpha value is -2.83. The lowest BCUT2D eigenvalue weighted by Gasteiger charge is -2.15. The third kappa shape index (κ3) is 4.32. The number of nitrogens with one attached hydrogen (secondary N) is 2. The van der Waals surface area contributed by atoms with Crippen LogP contribution in [0.15, 0.2) is 41.0 Å². The van der Waals surface area contributed by atoms with Gasteiger partial charge in [-0.1, -0.05) is 0 Å². The van der Waals surface area contributed by atoms with Crippen LogP contribution in [0.2, 0.25) is 0 Å². The summed E-state index contributed by atoms with van der Waals surface area (Å²) in [5.41, 5.74) is 0.690. The van der Waals surface area contributed by atoms with E-state index in [4.69, 9.17) is 4.42 Å². The van der Waals surface area contributed by atoms with Crippen molar-refractivity contribution in [2.24, 2.45) is 0 Å². The van der Waals surface area contributed by atoms with E-state index >= 15 is 0 Å². The molecule has 0 saturated heterocycles. The van der Waals surface area contributed by atoms with E-state index in [9.17, 15) is 14.9 Å². The van der Waals surface area contributed by atoms with E-state index in [-0.39, 0.29) is 23.2 Å². The third-order valence-electron chi connectivity index (χ3n) is 3.51. The van der Waals surface area contributed by atoms with Crippen LogP contribution in [0.4, 0.5) is 11.4 Å². The van der Waals surface area contributed by atoms with Crippen molar-refractivity contribution in [1.82, 2.24) is 5.32 Å². The second-order valence-electron chi connectivity index (χ2n) is 5.23. The summed E-state index contributed by atoms with van der Waals surface area (Å²) in [4.78, 5) is 22.7. The fraction of sp³-hybridized carbons (Fsp3) is 0.312. The zero-order chi connectivity index (χ0) is 16.8. The number of benzene rings is 1. The molecular weight excluding hydrogens is 298 g/mol. The van der Waals surface area contributed by atoms with Gasteiger partial charge in [0.25, 0.3) is 11.6 Å². The predicted octanol–water partition coefficient (Wildman–Crippen LogP) is 2.98. The van der Waals surface area contributed by atoms with Gasteiger partial charge in [0.15, 0.2) is 0 Å². The number of hydrogen-bond donors (Lipinski definition) is 2. The molecule has 1 atom stereocenters. The maximum Gasteiger partial charge on any atom is 0.270 e. The molecule has 1 amide bonds. The van der Waals surface area contributed by atoms with E-state index in [1.165, 1.54) is 18.2 Å². The van der Waals surface area contributed by atoms with E-state index in [0.29, 0.717) is 18.5 Å². The number of rotatable bonds is 7. The molecule has 0 aliphatic carbocycles.